The van der Waals surface area contributed by atoms with Crippen LogP contribution in [0, 0.1) is 0 Å². The first-order chi connectivity index (χ1) is 12.0. The first kappa shape index (κ1) is 17.2. The Kier molecular flexibility index (Phi) is 4.91. The molecule has 1 atom stereocenters. The first-order valence-corrected chi connectivity index (χ1v) is 8.22. The number of aryl methyl sites for hydroxylation is 1. The molecule has 0 saturated carbocycles. The summed E-state index contributed by atoms with van der Waals surface area (Å²) in [5, 5.41) is 16.7. The molecule has 0 spiro atoms. The molecular formula is C16H20ClN7O. The molecule has 25 heavy (non-hydrogen) atoms. The topological polar surface area (TPSA) is 114 Å². The molecule has 0 aliphatic carbocycles. The zero-order valence-electron chi connectivity index (χ0n) is 14.0. The molecule has 9 heteroatoms. The Morgan fingerprint density at radius 1 is 1.32 bits per heavy atom. The molecule has 132 valence electrons. The van der Waals surface area contributed by atoms with Gasteiger partial charge in [0, 0.05) is 31.7 Å². The summed E-state index contributed by atoms with van der Waals surface area (Å²) in [4.78, 5) is 13.3. The number of nitrogens with zero attached hydrogens (tertiary/aromatic N) is 4. The van der Waals surface area contributed by atoms with Crippen LogP contribution in [-0.4, -0.2) is 37.2 Å². The van der Waals surface area contributed by atoms with Gasteiger partial charge in [-0.3, -0.25) is 0 Å². The maximum absolute atomic E-state index is 10.0. The highest BCUT2D eigenvalue weighted by Gasteiger charge is 2.13. The van der Waals surface area contributed by atoms with Crippen molar-refractivity contribution in [2.75, 3.05) is 17.2 Å². The Labute approximate surface area is 150 Å². The molecule has 2 aromatic heterocycles. The van der Waals surface area contributed by atoms with Crippen molar-refractivity contribution in [1.29, 1.82) is 0 Å². The zero-order chi connectivity index (χ0) is 18.0. The fraction of sp³-hybridized carbons (Fsp3) is 0.312. The Morgan fingerprint density at radius 2 is 2.12 bits per heavy atom. The molecule has 3 rings (SSSR count). The number of hydrogen-bond acceptors (Lipinski definition) is 7. The molecule has 0 aliphatic rings. The summed E-state index contributed by atoms with van der Waals surface area (Å²) in [6.07, 6.45) is 1.68. The van der Waals surface area contributed by atoms with E-state index in [1.54, 1.807) is 24.5 Å². The molecule has 0 amide bonds. The highest BCUT2D eigenvalue weighted by atomic mass is 35.5. The zero-order valence-corrected chi connectivity index (χ0v) is 14.7. The third-order valence-electron chi connectivity index (χ3n) is 3.66. The quantitative estimate of drug-likeness (QED) is 0.531. The number of nitrogens with one attached hydrogen (secondary N) is 2. The summed E-state index contributed by atoms with van der Waals surface area (Å²) in [6, 6.07) is 5.19. The lowest BCUT2D eigenvalue weighted by atomic mass is 10.2. The monoisotopic (exact) mass is 361 g/mol. The van der Waals surface area contributed by atoms with Gasteiger partial charge in [-0.25, -0.2) is 4.98 Å². The molecule has 0 radical (unpaired) electrons. The number of hydrogen-bond donors (Lipinski definition) is 4. The molecule has 5 N–H and O–H groups in total. The van der Waals surface area contributed by atoms with Gasteiger partial charge >= 0.3 is 0 Å². The van der Waals surface area contributed by atoms with E-state index >= 15 is 0 Å². The van der Waals surface area contributed by atoms with E-state index in [-0.39, 0.29) is 11.8 Å². The molecule has 0 aliphatic heterocycles. The first-order valence-electron chi connectivity index (χ1n) is 7.84. The van der Waals surface area contributed by atoms with Crippen LogP contribution in [0.4, 0.5) is 11.8 Å². The number of para-hydroxylation sites is 1. The van der Waals surface area contributed by atoms with Gasteiger partial charge in [-0.2, -0.15) is 9.97 Å². The predicted octanol–water partition coefficient (Wildman–Crippen LogP) is 2.09. The minimum atomic E-state index is -0.0225. The second-order valence-electron chi connectivity index (χ2n) is 5.88. The molecule has 1 unspecified atom stereocenters. The van der Waals surface area contributed by atoms with Gasteiger partial charge in [0.25, 0.3) is 0 Å². The lowest BCUT2D eigenvalue weighted by Gasteiger charge is -2.12. The number of rotatable bonds is 6. The van der Waals surface area contributed by atoms with Gasteiger partial charge in [-0.1, -0.05) is 23.7 Å². The van der Waals surface area contributed by atoms with Crippen LogP contribution in [0.25, 0.3) is 11.2 Å². The number of anilines is 2. The maximum atomic E-state index is 10.0. The van der Waals surface area contributed by atoms with E-state index in [0.29, 0.717) is 46.6 Å². The highest BCUT2D eigenvalue weighted by molar-refractivity contribution is 6.32. The van der Waals surface area contributed by atoms with Gasteiger partial charge in [-0.15, -0.1) is 0 Å². The van der Waals surface area contributed by atoms with Crippen molar-refractivity contribution in [3.8, 4) is 5.75 Å². The fourth-order valence-corrected chi connectivity index (χ4v) is 2.54. The van der Waals surface area contributed by atoms with Crippen LogP contribution in [0.2, 0.25) is 5.02 Å². The predicted molar refractivity (Wildman–Crippen MR) is 98.9 cm³/mol. The number of halogens is 1. The Balaban J connectivity index is 1.90. The SMILES string of the molecule is CC(N)CNc1nc(NCc2cccc(Cl)c2O)c2ncn(C)c2n1. The number of benzene rings is 1. The smallest absolute Gasteiger partial charge is 0.226 e. The normalized spacial score (nSPS) is 12.3. The van der Waals surface area contributed by atoms with E-state index in [0.717, 1.165) is 0 Å². The van der Waals surface area contributed by atoms with Crippen molar-refractivity contribution in [3.05, 3.63) is 35.1 Å². The molecule has 8 nitrogen and oxygen atoms in total. The van der Waals surface area contributed by atoms with Crippen LogP contribution in [0.5, 0.6) is 5.75 Å². The average Bonchev–Trinajstić information content (AvgIpc) is 2.95. The summed E-state index contributed by atoms with van der Waals surface area (Å²) >= 11 is 5.95. The van der Waals surface area contributed by atoms with Crippen LogP contribution in [-0.2, 0) is 13.6 Å². The minimum absolute atomic E-state index is 0.0225. The maximum Gasteiger partial charge on any atom is 0.226 e. The second kappa shape index (κ2) is 7.12. The lowest BCUT2D eigenvalue weighted by molar-refractivity contribution is 0.469. The van der Waals surface area contributed by atoms with E-state index in [4.69, 9.17) is 17.3 Å². The van der Waals surface area contributed by atoms with Crippen LogP contribution < -0.4 is 16.4 Å². The summed E-state index contributed by atoms with van der Waals surface area (Å²) < 4.78 is 1.82. The number of phenols is 1. The average molecular weight is 362 g/mol. The van der Waals surface area contributed by atoms with Gasteiger partial charge in [0.1, 0.15) is 5.75 Å². The molecule has 2 heterocycles. The lowest BCUT2D eigenvalue weighted by Crippen LogP contribution is -2.26. The Hall–Kier alpha value is -2.58. The number of fused-ring (bicyclic) bond motifs is 1. The fourth-order valence-electron chi connectivity index (χ4n) is 2.34. The van der Waals surface area contributed by atoms with E-state index < -0.39 is 0 Å². The standard InChI is InChI=1S/C16H20ClN7O/c1-9(18)6-20-16-22-14(12-15(23-16)24(2)8-21-12)19-7-10-4-3-5-11(17)13(10)25/h3-5,8-9,25H,6-7,18H2,1-2H3,(H2,19,20,22,23). The van der Waals surface area contributed by atoms with Gasteiger partial charge in [-0.05, 0) is 13.0 Å². The van der Waals surface area contributed by atoms with Crippen LogP contribution in [0.15, 0.2) is 24.5 Å². The van der Waals surface area contributed by atoms with E-state index in [1.807, 2.05) is 18.5 Å². The van der Waals surface area contributed by atoms with Crippen molar-refractivity contribution in [2.45, 2.75) is 19.5 Å². The van der Waals surface area contributed by atoms with E-state index in [9.17, 15) is 5.11 Å². The Bertz CT molecular complexity index is 894. The molecule has 3 aromatic rings. The summed E-state index contributed by atoms with van der Waals surface area (Å²) in [5.41, 5.74) is 7.78. The summed E-state index contributed by atoms with van der Waals surface area (Å²) in [5.74, 6) is 1.08. The Morgan fingerprint density at radius 3 is 2.88 bits per heavy atom. The van der Waals surface area contributed by atoms with Crippen molar-refractivity contribution in [3.63, 3.8) is 0 Å². The highest BCUT2D eigenvalue weighted by Crippen LogP contribution is 2.28. The number of phenolic OH excluding ortho intramolecular Hbond substituents is 1. The van der Waals surface area contributed by atoms with E-state index in [2.05, 4.69) is 25.6 Å². The van der Waals surface area contributed by atoms with Crippen LogP contribution in [0.1, 0.15) is 12.5 Å². The summed E-state index contributed by atoms with van der Waals surface area (Å²) in [6.45, 7) is 2.80. The minimum Gasteiger partial charge on any atom is -0.506 e. The largest absolute Gasteiger partial charge is 0.506 e. The van der Waals surface area contributed by atoms with Crippen LogP contribution >= 0.6 is 11.6 Å². The molecule has 0 bridgehead atoms. The van der Waals surface area contributed by atoms with Crippen molar-refractivity contribution >= 4 is 34.5 Å². The second-order valence-corrected chi connectivity index (χ2v) is 6.29. The number of imidazole rings is 1. The molecule has 0 saturated heterocycles. The van der Waals surface area contributed by atoms with Crippen molar-refractivity contribution in [1.82, 2.24) is 19.5 Å². The number of nitrogens with two attached hydrogens (primary N) is 1. The molecule has 1 aromatic carbocycles. The van der Waals surface area contributed by atoms with Crippen molar-refractivity contribution < 1.29 is 5.11 Å². The third kappa shape index (κ3) is 3.75. The van der Waals surface area contributed by atoms with Gasteiger partial charge in [0.15, 0.2) is 17.0 Å². The molecule has 0 fully saturated rings. The van der Waals surface area contributed by atoms with Gasteiger partial charge in [0.2, 0.25) is 5.95 Å². The molecular weight excluding hydrogens is 342 g/mol. The van der Waals surface area contributed by atoms with Gasteiger partial charge in [0.05, 0.1) is 11.3 Å². The summed E-state index contributed by atoms with van der Waals surface area (Å²) in [7, 11) is 1.87. The van der Waals surface area contributed by atoms with Crippen molar-refractivity contribution in [2.24, 2.45) is 12.8 Å². The number of aromatic hydroxyl groups is 1. The van der Waals surface area contributed by atoms with E-state index in [1.165, 1.54) is 0 Å². The van der Waals surface area contributed by atoms with Crippen LogP contribution in [0.3, 0.4) is 0 Å². The number of aromatic nitrogens is 4. The third-order valence-corrected chi connectivity index (χ3v) is 3.96. The van der Waals surface area contributed by atoms with Gasteiger partial charge < -0.3 is 26.0 Å².